The molecule has 0 saturated heterocycles. The van der Waals surface area contributed by atoms with E-state index in [1.54, 1.807) is 24.3 Å². The Kier molecular flexibility index (Phi) is 2.34. The lowest BCUT2D eigenvalue weighted by atomic mass is 9.66. The minimum absolute atomic E-state index is 0.142. The fraction of sp³-hybridized carbons (Fsp3) is 0.389. The van der Waals surface area contributed by atoms with Crippen LogP contribution in [0.25, 0.3) is 0 Å². The van der Waals surface area contributed by atoms with Crippen LogP contribution in [0.1, 0.15) is 36.7 Å². The van der Waals surface area contributed by atoms with E-state index in [0.29, 0.717) is 23.3 Å². The Morgan fingerprint density at radius 3 is 2.60 bits per heavy atom. The van der Waals surface area contributed by atoms with Gasteiger partial charge in [0.25, 0.3) is 0 Å². The second kappa shape index (κ2) is 4.04. The van der Waals surface area contributed by atoms with Gasteiger partial charge in [-0.15, -0.1) is 0 Å². The van der Waals surface area contributed by atoms with Gasteiger partial charge in [0.1, 0.15) is 5.75 Å². The molecular formula is C18H17N3O4. The number of aromatic nitrogens is 3. The molecule has 25 heavy (non-hydrogen) atoms. The van der Waals surface area contributed by atoms with Crippen LogP contribution >= 0.6 is 0 Å². The van der Waals surface area contributed by atoms with Gasteiger partial charge in [0, 0.05) is 13.5 Å². The third-order valence-electron chi connectivity index (χ3n) is 5.67. The number of Topliss-reactive ketones (excluding diaryl/α,β-unsaturated/α-hetero) is 1. The second-order valence-electron chi connectivity index (χ2n) is 7.68. The Hall–Kier alpha value is -2.83. The molecule has 128 valence electrons. The van der Waals surface area contributed by atoms with Crippen LogP contribution in [-0.2, 0) is 12.8 Å². The SMILES string of the molecule is Cn1c(=O)n2n(c1=O)[C@@]13CC(C)(C)[C@@H]2C=C1C(=O)c1ccccc1O3. The van der Waals surface area contributed by atoms with E-state index in [1.807, 2.05) is 19.9 Å². The Morgan fingerprint density at radius 2 is 1.84 bits per heavy atom. The van der Waals surface area contributed by atoms with E-state index >= 15 is 0 Å². The van der Waals surface area contributed by atoms with Crippen molar-refractivity contribution < 1.29 is 9.53 Å². The topological polar surface area (TPSA) is 75.2 Å². The number of ether oxygens (including phenoxy) is 1. The summed E-state index contributed by atoms with van der Waals surface area (Å²) in [5.41, 5.74) is -1.55. The van der Waals surface area contributed by atoms with E-state index in [9.17, 15) is 14.4 Å². The maximum atomic E-state index is 13.1. The minimum atomic E-state index is -1.28. The van der Waals surface area contributed by atoms with Gasteiger partial charge in [-0.1, -0.05) is 26.0 Å². The van der Waals surface area contributed by atoms with Gasteiger partial charge in [0.05, 0.1) is 17.2 Å². The first-order valence-corrected chi connectivity index (χ1v) is 8.24. The molecule has 6 rings (SSSR count). The molecule has 1 aromatic carbocycles. The summed E-state index contributed by atoms with van der Waals surface area (Å²) in [5, 5.41) is 0. The van der Waals surface area contributed by atoms with E-state index in [0.717, 1.165) is 4.57 Å². The molecule has 2 bridgehead atoms. The van der Waals surface area contributed by atoms with Gasteiger partial charge < -0.3 is 4.74 Å². The van der Waals surface area contributed by atoms with Crippen LogP contribution in [0.5, 0.6) is 5.75 Å². The molecule has 0 N–H and O–H groups in total. The zero-order chi connectivity index (χ0) is 17.7. The molecular weight excluding hydrogens is 322 g/mol. The number of nitrogens with zero attached hydrogens (tertiary/aromatic N) is 3. The Balaban J connectivity index is 1.92. The third-order valence-corrected chi connectivity index (χ3v) is 5.67. The first-order chi connectivity index (χ1) is 11.8. The van der Waals surface area contributed by atoms with Crippen molar-refractivity contribution in [3.8, 4) is 5.75 Å². The van der Waals surface area contributed by atoms with Crippen molar-refractivity contribution >= 4 is 5.78 Å². The smallest absolute Gasteiger partial charge is 0.350 e. The maximum absolute atomic E-state index is 13.1. The Bertz CT molecular complexity index is 1110. The predicted molar refractivity (Wildman–Crippen MR) is 88.8 cm³/mol. The normalized spacial score (nSPS) is 27.9. The van der Waals surface area contributed by atoms with Crippen LogP contribution in [0, 0.1) is 5.41 Å². The predicted octanol–water partition coefficient (Wildman–Crippen LogP) is 1.19. The molecule has 0 saturated carbocycles. The van der Waals surface area contributed by atoms with Gasteiger partial charge in [-0.25, -0.2) is 18.8 Å². The van der Waals surface area contributed by atoms with E-state index in [1.165, 1.54) is 16.4 Å². The lowest BCUT2D eigenvalue weighted by Gasteiger charge is -2.54. The number of hydrogen-bond donors (Lipinski definition) is 0. The summed E-state index contributed by atoms with van der Waals surface area (Å²) in [4.78, 5) is 38.5. The second-order valence-corrected chi connectivity index (χ2v) is 7.68. The van der Waals surface area contributed by atoms with Gasteiger partial charge in [0.15, 0.2) is 5.78 Å². The lowest BCUT2D eigenvalue weighted by molar-refractivity contribution is -0.0983. The van der Waals surface area contributed by atoms with Gasteiger partial charge >= 0.3 is 11.4 Å². The standard InChI is InChI=1S/C18H17N3O4/c1-17(2)9-18-11(14(22)10-6-4-5-7-12(10)25-18)8-13(17)20-15(23)19(3)16(24)21(18)20/h4-8,13H,9H2,1-3H3/t13-,18+/m0/s1. The summed E-state index contributed by atoms with van der Waals surface area (Å²) in [7, 11) is 1.45. The van der Waals surface area contributed by atoms with Crippen molar-refractivity contribution in [1.29, 1.82) is 0 Å². The third kappa shape index (κ3) is 1.45. The summed E-state index contributed by atoms with van der Waals surface area (Å²) in [5.74, 6) is 0.298. The first-order valence-electron chi connectivity index (χ1n) is 8.24. The maximum Gasteiger partial charge on any atom is 0.350 e. The van der Waals surface area contributed by atoms with Crippen LogP contribution in [0.4, 0.5) is 0 Å². The molecule has 7 heteroatoms. The van der Waals surface area contributed by atoms with Crippen molar-refractivity contribution in [2.45, 2.75) is 32.0 Å². The van der Waals surface area contributed by atoms with Crippen LogP contribution in [0.15, 0.2) is 45.5 Å². The highest BCUT2D eigenvalue weighted by molar-refractivity contribution is 6.12. The van der Waals surface area contributed by atoms with Gasteiger partial charge in [-0.05, 0) is 23.6 Å². The Labute approximate surface area is 142 Å². The summed E-state index contributed by atoms with van der Waals surface area (Å²) in [6.07, 6.45) is 2.25. The average Bonchev–Trinajstić information content (AvgIpc) is 2.79. The monoisotopic (exact) mass is 339 g/mol. The van der Waals surface area contributed by atoms with Crippen LogP contribution in [-0.4, -0.2) is 19.7 Å². The highest BCUT2D eigenvalue weighted by Gasteiger charge is 2.61. The van der Waals surface area contributed by atoms with Crippen molar-refractivity contribution in [2.75, 3.05) is 0 Å². The van der Waals surface area contributed by atoms with E-state index in [-0.39, 0.29) is 17.2 Å². The molecule has 2 atom stereocenters. The Morgan fingerprint density at radius 1 is 1.12 bits per heavy atom. The number of carbonyl (C=O) groups is 1. The minimum Gasteiger partial charge on any atom is -0.461 e. The van der Waals surface area contributed by atoms with E-state index in [2.05, 4.69) is 0 Å². The summed E-state index contributed by atoms with van der Waals surface area (Å²) >= 11 is 0. The average molecular weight is 339 g/mol. The zero-order valence-electron chi connectivity index (χ0n) is 14.1. The van der Waals surface area contributed by atoms with Crippen molar-refractivity contribution in [2.24, 2.45) is 12.5 Å². The molecule has 1 aromatic heterocycles. The van der Waals surface area contributed by atoms with Crippen molar-refractivity contribution in [3.63, 3.8) is 0 Å². The molecule has 7 nitrogen and oxygen atoms in total. The lowest BCUT2D eigenvalue weighted by Crippen LogP contribution is -2.63. The summed E-state index contributed by atoms with van der Waals surface area (Å²) < 4.78 is 10.1. The largest absolute Gasteiger partial charge is 0.461 e. The van der Waals surface area contributed by atoms with E-state index in [4.69, 9.17) is 4.74 Å². The number of fused-ring (bicyclic) bond motifs is 2. The number of benzene rings is 1. The first kappa shape index (κ1) is 14.5. The molecule has 0 unspecified atom stereocenters. The zero-order valence-corrected chi connectivity index (χ0v) is 14.1. The van der Waals surface area contributed by atoms with Gasteiger partial charge in [-0.3, -0.25) is 4.79 Å². The van der Waals surface area contributed by atoms with E-state index < -0.39 is 17.1 Å². The molecule has 0 radical (unpaired) electrons. The molecule has 1 aliphatic carbocycles. The van der Waals surface area contributed by atoms with Gasteiger partial charge in [-0.2, -0.15) is 4.68 Å². The summed E-state index contributed by atoms with van der Waals surface area (Å²) in [6.45, 7) is 4.04. The number of hydrogen-bond acceptors (Lipinski definition) is 4. The van der Waals surface area contributed by atoms with Crippen molar-refractivity contribution in [3.05, 3.63) is 62.4 Å². The van der Waals surface area contributed by atoms with Crippen LogP contribution in [0.3, 0.4) is 0 Å². The molecule has 4 aliphatic rings. The van der Waals surface area contributed by atoms with Crippen molar-refractivity contribution in [1.82, 2.24) is 13.9 Å². The molecule has 1 spiro atoms. The van der Waals surface area contributed by atoms with Gasteiger partial charge in [0.2, 0.25) is 5.72 Å². The highest BCUT2D eigenvalue weighted by atomic mass is 16.5. The summed E-state index contributed by atoms with van der Waals surface area (Å²) in [6, 6.07) is 6.65. The molecule has 2 aromatic rings. The number of ketones is 1. The number of allylic oxidation sites excluding steroid dienone is 1. The number of carbonyl (C=O) groups excluding carboxylic acids is 1. The molecule has 3 aliphatic heterocycles. The molecule has 4 heterocycles. The number of para-hydroxylation sites is 1. The number of rotatable bonds is 0. The fourth-order valence-electron chi connectivity index (χ4n) is 4.51. The fourth-order valence-corrected chi connectivity index (χ4v) is 4.51. The highest BCUT2D eigenvalue weighted by Crippen LogP contribution is 2.56. The van der Waals surface area contributed by atoms with Crippen LogP contribution in [0.2, 0.25) is 0 Å². The molecule has 0 fully saturated rings. The molecule has 0 amide bonds. The van der Waals surface area contributed by atoms with Crippen LogP contribution < -0.4 is 16.1 Å². The quantitative estimate of drug-likeness (QED) is 0.722.